The maximum Gasteiger partial charge on any atom is 0.356 e. The molecule has 2 rings (SSSR count). The maximum absolute atomic E-state index is 12.3. The molecule has 0 saturated heterocycles. The summed E-state index contributed by atoms with van der Waals surface area (Å²) >= 11 is 0. The van der Waals surface area contributed by atoms with Crippen LogP contribution in [0.1, 0.15) is 34.7 Å². The summed E-state index contributed by atoms with van der Waals surface area (Å²) in [5.74, 6) is -1.00. The predicted octanol–water partition coefficient (Wildman–Crippen LogP) is 1.99. The molecule has 0 amide bonds. The first-order valence-corrected chi connectivity index (χ1v) is 6.90. The molecule has 1 heterocycles. The van der Waals surface area contributed by atoms with Crippen molar-refractivity contribution in [2.75, 3.05) is 14.2 Å². The molecule has 0 bridgehead atoms. The predicted molar refractivity (Wildman–Crippen MR) is 79.5 cm³/mol. The Kier molecular flexibility index (Phi) is 4.93. The number of carbonyl (C=O) groups excluding carboxylic acids is 2. The molecular weight excluding hydrogens is 284 g/mol. The van der Waals surface area contributed by atoms with E-state index < -0.39 is 18.0 Å². The summed E-state index contributed by atoms with van der Waals surface area (Å²) in [6.45, 7) is 1.88. The van der Waals surface area contributed by atoms with Crippen molar-refractivity contribution in [3.8, 4) is 0 Å². The molecule has 6 heteroatoms. The Balaban J connectivity index is 2.61. The van der Waals surface area contributed by atoms with Gasteiger partial charge in [-0.05, 0) is 12.0 Å². The highest BCUT2D eigenvalue weighted by molar-refractivity contribution is 5.90. The van der Waals surface area contributed by atoms with Crippen molar-refractivity contribution in [1.82, 2.24) is 9.55 Å². The highest BCUT2D eigenvalue weighted by atomic mass is 16.5. The van der Waals surface area contributed by atoms with Crippen LogP contribution in [0.5, 0.6) is 0 Å². The van der Waals surface area contributed by atoms with Crippen LogP contribution in [0.15, 0.2) is 36.7 Å². The van der Waals surface area contributed by atoms with Crippen LogP contribution in [-0.2, 0) is 20.7 Å². The van der Waals surface area contributed by atoms with Gasteiger partial charge in [-0.25, -0.2) is 14.6 Å². The molecule has 0 radical (unpaired) electrons. The number of ether oxygens (including phenoxy) is 2. The molecule has 6 nitrogen and oxygen atoms in total. The molecule has 1 aromatic heterocycles. The number of methoxy groups -OCH3 is 2. The van der Waals surface area contributed by atoms with Gasteiger partial charge in [-0.2, -0.15) is 0 Å². The Labute approximate surface area is 128 Å². The average molecular weight is 302 g/mol. The van der Waals surface area contributed by atoms with E-state index in [-0.39, 0.29) is 5.69 Å². The molecule has 116 valence electrons. The molecule has 0 aliphatic heterocycles. The number of imidazole rings is 1. The molecule has 0 aliphatic carbocycles. The lowest BCUT2D eigenvalue weighted by molar-refractivity contribution is -0.143. The van der Waals surface area contributed by atoms with Gasteiger partial charge in [-0.1, -0.05) is 37.3 Å². The van der Waals surface area contributed by atoms with Gasteiger partial charge in [0.25, 0.3) is 0 Å². The van der Waals surface area contributed by atoms with E-state index in [1.54, 1.807) is 12.1 Å². The topological polar surface area (TPSA) is 70.4 Å². The van der Waals surface area contributed by atoms with Crippen LogP contribution in [0, 0.1) is 0 Å². The Morgan fingerprint density at radius 1 is 1.18 bits per heavy atom. The van der Waals surface area contributed by atoms with Crippen molar-refractivity contribution in [2.24, 2.45) is 0 Å². The summed E-state index contributed by atoms with van der Waals surface area (Å²) in [4.78, 5) is 28.6. The fourth-order valence-corrected chi connectivity index (χ4v) is 2.33. The van der Waals surface area contributed by atoms with Crippen LogP contribution in [-0.4, -0.2) is 35.7 Å². The standard InChI is InChI=1S/C16H18N2O4/c1-4-12-14(16(20)22-3)18(10-17-12)13(15(19)21-2)11-8-6-5-7-9-11/h5-10,13H,4H2,1-3H3. The van der Waals surface area contributed by atoms with Gasteiger partial charge in [0, 0.05) is 0 Å². The summed E-state index contributed by atoms with van der Waals surface area (Å²) < 4.78 is 11.2. The Morgan fingerprint density at radius 2 is 1.86 bits per heavy atom. The Hall–Kier alpha value is -2.63. The lowest BCUT2D eigenvalue weighted by atomic mass is 10.1. The van der Waals surface area contributed by atoms with Crippen molar-refractivity contribution in [2.45, 2.75) is 19.4 Å². The Morgan fingerprint density at radius 3 is 2.41 bits per heavy atom. The number of aryl methyl sites for hydroxylation is 1. The van der Waals surface area contributed by atoms with Gasteiger partial charge in [0.05, 0.1) is 26.2 Å². The van der Waals surface area contributed by atoms with Gasteiger partial charge >= 0.3 is 11.9 Å². The zero-order valence-electron chi connectivity index (χ0n) is 12.8. The van der Waals surface area contributed by atoms with Crippen LogP contribution >= 0.6 is 0 Å². The summed E-state index contributed by atoms with van der Waals surface area (Å²) in [6, 6.07) is 8.31. The Bertz CT molecular complexity index is 664. The van der Waals surface area contributed by atoms with Crippen LogP contribution in [0.25, 0.3) is 0 Å². The van der Waals surface area contributed by atoms with Crippen LogP contribution in [0.3, 0.4) is 0 Å². The number of hydrogen-bond acceptors (Lipinski definition) is 5. The first-order chi connectivity index (χ1) is 10.6. The van der Waals surface area contributed by atoms with Crippen LogP contribution in [0.4, 0.5) is 0 Å². The highest BCUT2D eigenvalue weighted by Gasteiger charge is 2.29. The molecule has 0 aliphatic rings. The summed E-state index contributed by atoms with van der Waals surface area (Å²) in [7, 11) is 2.61. The van der Waals surface area contributed by atoms with Gasteiger partial charge < -0.3 is 14.0 Å². The smallest absolute Gasteiger partial charge is 0.356 e. The van der Waals surface area contributed by atoms with E-state index in [0.717, 1.165) is 0 Å². The van der Waals surface area contributed by atoms with Gasteiger partial charge in [0.2, 0.25) is 0 Å². The quantitative estimate of drug-likeness (QED) is 0.790. The van der Waals surface area contributed by atoms with Crippen molar-refractivity contribution < 1.29 is 19.1 Å². The van der Waals surface area contributed by atoms with E-state index in [0.29, 0.717) is 17.7 Å². The number of esters is 2. The molecule has 1 aromatic carbocycles. The molecular formula is C16H18N2O4. The van der Waals surface area contributed by atoms with Crippen molar-refractivity contribution in [1.29, 1.82) is 0 Å². The number of rotatable bonds is 5. The lowest BCUT2D eigenvalue weighted by Crippen LogP contribution is -2.25. The zero-order chi connectivity index (χ0) is 16.1. The third kappa shape index (κ3) is 2.86. The van der Waals surface area contributed by atoms with E-state index in [9.17, 15) is 9.59 Å². The van der Waals surface area contributed by atoms with Gasteiger partial charge in [-0.3, -0.25) is 0 Å². The number of nitrogens with zero attached hydrogens (tertiary/aromatic N) is 2. The third-order valence-corrected chi connectivity index (χ3v) is 3.40. The summed E-state index contributed by atoms with van der Waals surface area (Å²) in [6.07, 6.45) is 2.03. The SMILES string of the molecule is CCc1ncn(C(C(=O)OC)c2ccccc2)c1C(=O)OC. The summed E-state index contributed by atoms with van der Waals surface area (Å²) in [5.41, 5.74) is 1.56. The molecule has 1 atom stereocenters. The van der Waals surface area contributed by atoms with Gasteiger partial charge in [0.1, 0.15) is 0 Å². The second kappa shape index (κ2) is 6.89. The van der Waals surface area contributed by atoms with Crippen LogP contribution < -0.4 is 0 Å². The van der Waals surface area contributed by atoms with E-state index >= 15 is 0 Å². The van der Waals surface area contributed by atoms with Crippen molar-refractivity contribution >= 4 is 11.9 Å². The number of aromatic nitrogens is 2. The van der Waals surface area contributed by atoms with Crippen molar-refractivity contribution in [3.05, 3.63) is 53.6 Å². The van der Waals surface area contributed by atoms with Crippen molar-refractivity contribution in [3.63, 3.8) is 0 Å². The third-order valence-electron chi connectivity index (χ3n) is 3.40. The van der Waals surface area contributed by atoms with E-state index in [4.69, 9.17) is 9.47 Å². The molecule has 0 saturated carbocycles. The lowest BCUT2D eigenvalue weighted by Gasteiger charge is -2.18. The minimum Gasteiger partial charge on any atom is -0.467 e. The number of hydrogen-bond donors (Lipinski definition) is 0. The average Bonchev–Trinajstić information content (AvgIpc) is 2.98. The molecule has 0 spiro atoms. The van der Waals surface area contributed by atoms with Crippen LogP contribution in [0.2, 0.25) is 0 Å². The molecule has 2 aromatic rings. The van der Waals surface area contributed by atoms with Gasteiger partial charge in [-0.15, -0.1) is 0 Å². The molecule has 0 N–H and O–H groups in total. The molecule has 1 unspecified atom stereocenters. The molecule has 0 fully saturated rings. The summed E-state index contributed by atoms with van der Waals surface area (Å²) in [5, 5.41) is 0. The first kappa shape index (κ1) is 15.8. The fraction of sp³-hybridized carbons (Fsp3) is 0.312. The second-order valence-electron chi connectivity index (χ2n) is 4.63. The molecule has 22 heavy (non-hydrogen) atoms. The second-order valence-corrected chi connectivity index (χ2v) is 4.63. The van der Waals surface area contributed by atoms with E-state index in [1.807, 2.05) is 25.1 Å². The highest BCUT2D eigenvalue weighted by Crippen LogP contribution is 2.24. The largest absolute Gasteiger partial charge is 0.467 e. The minimum atomic E-state index is -0.784. The maximum atomic E-state index is 12.3. The number of benzene rings is 1. The first-order valence-electron chi connectivity index (χ1n) is 6.90. The van der Waals surface area contributed by atoms with Gasteiger partial charge in [0.15, 0.2) is 11.7 Å². The fourth-order valence-electron chi connectivity index (χ4n) is 2.33. The van der Waals surface area contributed by atoms with E-state index in [2.05, 4.69) is 4.98 Å². The monoisotopic (exact) mass is 302 g/mol. The minimum absolute atomic E-state index is 0.268. The number of carbonyl (C=O) groups is 2. The van der Waals surface area contributed by atoms with E-state index in [1.165, 1.54) is 25.1 Å². The normalized spacial score (nSPS) is 11.8. The zero-order valence-corrected chi connectivity index (χ0v) is 12.8.